The second-order valence-electron chi connectivity index (χ2n) is 4.84. The van der Waals surface area contributed by atoms with Gasteiger partial charge in [-0.05, 0) is 29.8 Å². The Labute approximate surface area is 124 Å². The van der Waals surface area contributed by atoms with Crippen LogP contribution in [0.3, 0.4) is 0 Å². The molecule has 1 aliphatic rings. The van der Waals surface area contributed by atoms with E-state index in [2.05, 4.69) is 0 Å². The molecule has 1 N–H and O–H groups in total. The van der Waals surface area contributed by atoms with Crippen LogP contribution in [0, 0.1) is 5.82 Å². The number of fused-ring (bicyclic) bond motifs is 1. The fraction of sp³-hybridized carbons (Fsp3) is 0.0625. The lowest BCUT2D eigenvalue weighted by atomic mass is 10.1. The van der Waals surface area contributed by atoms with Crippen LogP contribution >= 0.6 is 0 Å². The van der Waals surface area contributed by atoms with Crippen LogP contribution in [0.5, 0.6) is 0 Å². The predicted octanol–water partition coefficient (Wildman–Crippen LogP) is 2.25. The van der Waals surface area contributed by atoms with Crippen LogP contribution in [-0.2, 0) is 11.3 Å². The van der Waals surface area contributed by atoms with Crippen molar-refractivity contribution in [3.05, 3.63) is 65.0 Å². The Bertz CT molecular complexity index is 816. The van der Waals surface area contributed by atoms with Gasteiger partial charge in [0.25, 0.3) is 11.7 Å². The molecule has 2 aromatic carbocycles. The second-order valence-corrected chi connectivity index (χ2v) is 4.84. The number of carboxylic acids is 1. The van der Waals surface area contributed by atoms with E-state index in [9.17, 15) is 18.8 Å². The number of nitrogens with zero attached hydrogens (tertiary/aromatic N) is 1. The number of hydrogen-bond acceptors (Lipinski definition) is 3. The maximum Gasteiger partial charge on any atom is 0.336 e. The number of carbonyl (C=O) groups excluding carboxylic acids is 2. The molecule has 0 atom stereocenters. The third-order valence-corrected chi connectivity index (χ3v) is 3.51. The van der Waals surface area contributed by atoms with Gasteiger partial charge in [-0.15, -0.1) is 0 Å². The average Bonchev–Trinajstić information content (AvgIpc) is 2.72. The van der Waals surface area contributed by atoms with Gasteiger partial charge in [0.05, 0.1) is 23.4 Å². The highest BCUT2D eigenvalue weighted by Gasteiger charge is 2.36. The lowest BCUT2D eigenvalue weighted by molar-refractivity contribution is -0.114. The fourth-order valence-corrected chi connectivity index (χ4v) is 2.46. The predicted molar refractivity (Wildman–Crippen MR) is 75.3 cm³/mol. The molecule has 0 unspecified atom stereocenters. The number of anilines is 1. The van der Waals surface area contributed by atoms with Crippen molar-refractivity contribution in [3.8, 4) is 0 Å². The molecular weight excluding hydrogens is 289 g/mol. The third-order valence-electron chi connectivity index (χ3n) is 3.51. The summed E-state index contributed by atoms with van der Waals surface area (Å²) in [6.07, 6.45) is 0. The molecule has 22 heavy (non-hydrogen) atoms. The van der Waals surface area contributed by atoms with Gasteiger partial charge in [-0.1, -0.05) is 18.2 Å². The number of rotatable bonds is 3. The molecule has 0 saturated carbocycles. The fourth-order valence-electron chi connectivity index (χ4n) is 2.46. The van der Waals surface area contributed by atoms with Gasteiger partial charge < -0.3 is 10.0 Å². The van der Waals surface area contributed by atoms with Crippen molar-refractivity contribution >= 4 is 23.3 Å². The zero-order valence-electron chi connectivity index (χ0n) is 11.2. The SMILES string of the molecule is O=C(O)c1ccccc1CN1C(=O)C(=O)c2ccc(F)cc21. The molecule has 0 radical (unpaired) electrons. The summed E-state index contributed by atoms with van der Waals surface area (Å²) in [6, 6.07) is 9.63. The summed E-state index contributed by atoms with van der Waals surface area (Å²) in [5.74, 6) is -3.21. The normalized spacial score (nSPS) is 13.4. The first-order chi connectivity index (χ1) is 10.5. The molecule has 0 aliphatic carbocycles. The molecule has 2 aromatic rings. The van der Waals surface area contributed by atoms with E-state index in [4.69, 9.17) is 5.11 Å². The highest BCUT2D eigenvalue weighted by atomic mass is 19.1. The van der Waals surface area contributed by atoms with Gasteiger partial charge in [-0.2, -0.15) is 0 Å². The van der Waals surface area contributed by atoms with Crippen LogP contribution in [-0.4, -0.2) is 22.8 Å². The Hall–Kier alpha value is -3.02. The number of aromatic carboxylic acids is 1. The van der Waals surface area contributed by atoms with Crippen molar-refractivity contribution < 1.29 is 23.9 Å². The molecule has 0 saturated heterocycles. The number of amides is 1. The highest BCUT2D eigenvalue weighted by Crippen LogP contribution is 2.31. The number of ketones is 1. The summed E-state index contributed by atoms with van der Waals surface area (Å²) >= 11 is 0. The Morgan fingerprint density at radius 3 is 2.59 bits per heavy atom. The molecule has 3 rings (SSSR count). The highest BCUT2D eigenvalue weighted by molar-refractivity contribution is 6.52. The van der Waals surface area contributed by atoms with Gasteiger partial charge in [0.2, 0.25) is 0 Å². The monoisotopic (exact) mass is 299 g/mol. The summed E-state index contributed by atoms with van der Waals surface area (Å²) in [5, 5.41) is 9.17. The van der Waals surface area contributed by atoms with Crippen molar-refractivity contribution in [3.63, 3.8) is 0 Å². The zero-order chi connectivity index (χ0) is 15.9. The van der Waals surface area contributed by atoms with Crippen molar-refractivity contribution in [2.24, 2.45) is 0 Å². The molecular formula is C16H10FNO4. The molecule has 1 heterocycles. The first-order valence-electron chi connectivity index (χ1n) is 6.46. The lowest BCUT2D eigenvalue weighted by Gasteiger charge is -2.17. The molecule has 6 heteroatoms. The number of hydrogen-bond donors (Lipinski definition) is 1. The van der Waals surface area contributed by atoms with E-state index in [1.165, 1.54) is 12.1 Å². The van der Waals surface area contributed by atoms with E-state index in [1.54, 1.807) is 18.2 Å². The number of halogens is 1. The third kappa shape index (κ3) is 2.14. The van der Waals surface area contributed by atoms with E-state index in [-0.39, 0.29) is 23.4 Å². The zero-order valence-corrected chi connectivity index (χ0v) is 11.2. The van der Waals surface area contributed by atoms with Crippen molar-refractivity contribution in [2.75, 3.05) is 4.90 Å². The quantitative estimate of drug-likeness (QED) is 0.882. The minimum absolute atomic E-state index is 0.0348. The van der Waals surface area contributed by atoms with Crippen molar-refractivity contribution in [1.82, 2.24) is 0 Å². The summed E-state index contributed by atoms with van der Waals surface area (Å²) in [7, 11) is 0. The summed E-state index contributed by atoms with van der Waals surface area (Å²) < 4.78 is 13.4. The topological polar surface area (TPSA) is 74.7 Å². The van der Waals surface area contributed by atoms with Crippen LogP contribution in [0.15, 0.2) is 42.5 Å². The van der Waals surface area contributed by atoms with E-state index in [1.807, 2.05) is 0 Å². The Kier molecular flexibility index (Phi) is 3.21. The Morgan fingerprint density at radius 2 is 1.86 bits per heavy atom. The van der Waals surface area contributed by atoms with E-state index < -0.39 is 23.5 Å². The van der Waals surface area contributed by atoms with Gasteiger partial charge in [-0.25, -0.2) is 9.18 Å². The number of benzene rings is 2. The molecule has 0 bridgehead atoms. The summed E-state index contributed by atoms with van der Waals surface area (Å²) in [5.41, 5.74) is 0.690. The molecule has 5 nitrogen and oxygen atoms in total. The standard InChI is InChI=1S/C16H10FNO4/c17-10-5-6-12-13(7-10)18(15(20)14(12)19)8-9-3-1-2-4-11(9)16(21)22/h1-7H,8H2,(H,21,22). The van der Waals surface area contributed by atoms with Crippen LogP contribution < -0.4 is 4.90 Å². The second kappa shape index (κ2) is 5.07. The van der Waals surface area contributed by atoms with E-state index in [0.717, 1.165) is 17.0 Å². The van der Waals surface area contributed by atoms with Gasteiger partial charge in [0.15, 0.2) is 0 Å². The smallest absolute Gasteiger partial charge is 0.336 e. The maximum atomic E-state index is 13.4. The molecule has 110 valence electrons. The minimum atomic E-state index is -1.13. The lowest BCUT2D eigenvalue weighted by Crippen LogP contribution is -2.29. The van der Waals surface area contributed by atoms with E-state index in [0.29, 0.717) is 5.56 Å². The average molecular weight is 299 g/mol. The van der Waals surface area contributed by atoms with E-state index >= 15 is 0 Å². The van der Waals surface area contributed by atoms with Gasteiger partial charge >= 0.3 is 5.97 Å². The molecule has 0 fully saturated rings. The molecule has 1 amide bonds. The maximum absolute atomic E-state index is 13.4. The summed E-state index contributed by atoms with van der Waals surface area (Å²) in [4.78, 5) is 36.3. The van der Waals surface area contributed by atoms with Crippen molar-refractivity contribution in [1.29, 1.82) is 0 Å². The first-order valence-corrected chi connectivity index (χ1v) is 6.46. The van der Waals surface area contributed by atoms with Gasteiger partial charge in [0.1, 0.15) is 5.82 Å². The van der Waals surface area contributed by atoms with Crippen LogP contribution in [0.4, 0.5) is 10.1 Å². The van der Waals surface area contributed by atoms with Gasteiger partial charge in [0, 0.05) is 0 Å². The number of Topliss-reactive ketones (excluding diaryl/α,β-unsaturated/α-hetero) is 1. The minimum Gasteiger partial charge on any atom is -0.478 e. The van der Waals surface area contributed by atoms with Crippen LogP contribution in [0.25, 0.3) is 0 Å². The number of carbonyl (C=O) groups is 3. The Balaban J connectivity index is 2.04. The van der Waals surface area contributed by atoms with Gasteiger partial charge in [-0.3, -0.25) is 9.59 Å². The number of carboxylic acid groups (broad SMARTS) is 1. The molecule has 0 aromatic heterocycles. The largest absolute Gasteiger partial charge is 0.478 e. The summed E-state index contributed by atoms with van der Waals surface area (Å²) in [6.45, 7) is -0.108. The first kappa shape index (κ1) is 13.9. The Morgan fingerprint density at radius 1 is 1.14 bits per heavy atom. The van der Waals surface area contributed by atoms with Crippen LogP contribution in [0.1, 0.15) is 26.3 Å². The van der Waals surface area contributed by atoms with Crippen LogP contribution in [0.2, 0.25) is 0 Å². The molecule has 1 aliphatic heterocycles. The molecule has 0 spiro atoms. The van der Waals surface area contributed by atoms with Crippen molar-refractivity contribution in [2.45, 2.75) is 6.54 Å².